The van der Waals surface area contributed by atoms with E-state index in [1.807, 2.05) is 0 Å². The lowest BCUT2D eigenvalue weighted by atomic mass is 10.2. The summed E-state index contributed by atoms with van der Waals surface area (Å²) in [5.41, 5.74) is 0.845. The number of rotatable bonds is 2. The van der Waals surface area contributed by atoms with Crippen LogP contribution in [0, 0.1) is 0 Å². The molecule has 0 fully saturated rings. The Morgan fingerprint density at radius 1 is 1.29 bits per heavy atom. The summed E-state index contributed by atoms with van der Waals surface area (Å²) in [5.74, 6) is -0.182. The van der Waals surface area contributed by atoms with Crippen molar-refractivity contribution in [2.24, 2.45) is 7.05 Å². The van der Waals surface area contributed by atoms with Crippen LogP contribution in [0.1, 0.15) is 16.1 Å². The Bertz CT molecular complexity index is 450. The molecule has 0 atom stereocenters. The molecule has 6 heteroatoms. The summed E-state index contributed by atoms with van der Waals surface area (Å²) in [6.07, 6.45) is 5.71. The second-order valence-corrected chi connectivity index (χ2v) is 2.70. The second-order valence-electron chi connectivity index (χ2n) is 2.70. The van der Waals surface area contributed by atoms with E-state index in [9.17, 15) is 4.79 Å². The minimum Gasteiger partial charge on any atom is -0.287 e. The van der Waals surface area contributed by atoms with Crippen LogP contribution in [0.4, 0.5) is 0 Å². The van der Waals surface area contributed by atoms with Crippen molar-refractivity contribution in [3.8, 4) is 0 Å². The van der Waals surface area contributed by atoms with Crippen LogP contribution in [0.5, 0.6) is 0 Å². The van der Waals surface area contributed by atoms with Crippen LogP contribution >= 0.6 is 0 Å². The summed E-state index contributed by atoms with van der Waals surface area (Å²) in [6, 6.07) is 0. The lowest BCUT2D eigenvalue weighted by molar-refractivity contribution is 0.102. The molecule has 0 aliphatic heterocycles. The maximum Gasteiger partial charge on any atom is 0.215 e. The third-order valence-corrected chi connectivity index (χ3v) is 1.77. The molecule has 6 nitrogen and oxygen atoms in total. The van der Waals surface area contributed by atoms with E-state index in [1.54, 1.807) is 7.05 Å². The van der Waals surface area contributed by atoms with Gasteiger partial charge in [0, 0.05) is 19.4 Å². The van der Waals surface area contributed by atoms with Crippen molar-refractivity contribution in [2.45, 2.75) is 0 Å². The lowest BCUT2D eigenvalue weighted by Gasteiger charge is -1.97. The summed E-state index contributed by atoms with van der Waals surface area (Å²) in [5, 5.41) is 7.29. The highest BCUT2D eigenvalue weighted by atomic mass is 16.1. The fraction of sp³-hybridized carbons (Fsp3) is 0.125. The van der Waals surface area contributed by atoms with Crippen molar-refractivity contribution >= 4 is 5.78 Å². The van der Waals surface area contributed by atoms with E-state index in [2.05, 4.69) is 20.3 Å². The van der Waals surface area contributed by atoms with Gasteiger partial charge in [0.15, 0.2) is 0 Å². The number of ketones is 1. The smallest absolute Gasteiger partial charge is 0.215 e. The average Bonchev–Trinajstić information content (AvgIpc) is 2.65. The van der Waals surface area contributed by atoms with Crippen molar-refractivity contribution in [3.63, 3.8) is 0 Å². The van der Waals surface area contributed by atoms with Gasteiger partial charge in [0.05, 0.1) is 11.8 Å². The highest BCUT2D eigenvalue weighted by Crippen LogP contribution is 2.04. The molecule has 0 aliphatic carbocycles. The zero-order valence-electron chi connectivity index (χ0n) is 7.45. The van der Waals surface area contributed by atoms with Gasteiger partial charge in [-0.1, -0.05) is 5.21 Å². The molecule has 0 aromatic carbocycles. The Labute approximate surface area is 79.6 Å². The molecule has 2 heterocycles. The number of aryl methyl sites for hydroxylation is 1. The fourth-order valence-electron chi connectivity index (χ4n) is 1.06. The third-order valence-electron chi connectivity index (χ3n) is 1.77. The zero-order chi connectivity index (χ0) is 9.97. The fourth-order valence-corrected chi connectivity index (χ4v) is 1.06. The van der Waals surface area contributed by atoms with E-state index in [-0.39, 0.29) is 5.78 Å². The monoisotopic (exact) mass is 189 g/mol. The molecule has 0 saturated heterocycles. The first-order valence-corrected chi connectivity index (χ1v) is 3.93. The minimum atomic E-state index is -0.182. The summed E-state index contributed by atoms with van der Waals surface area (Å²) in [4.78, 5) is 19.3. The highest BCUT2D eigenvalue weighted by molar-refractivity contribution is 6.07. The number of nitrogens with zero attached hydrogens (tertiary/aromatic N) is 5. The molecule has 0 aliphatic rings. The second kappa shape index (κ2) is 3.33. The van der Waals surface area contributed by atoms with Crippen molar-refractivity contribution in [2.75, 3.05) is 0 Å². The topological polar surface area (TPSA) is 73.6 Å². The van der Waals surface area contributed by atoms with Crippen LogP contribution < -0.4 is 0 Å². The molecule has 0 N–H and O–H groups in total. The maximum atomic E-state index is 11.7. The van der Waals surface area contributed by atoms with Crippen LogP contribution in [-0.2, 0) is 7.05 Å². The summed E-state index contributed by atoms with van der Waals surface area (Å²) < 4.78 is 1.41. The predicted octanol–water partition coefficient (Wildman–Crippen LogP) is -0.164. The molecule has 0 unspecified atom stereocenters. The molecular formula is C8H7N5O. The van der Waals surface area contributed by atoms with Crippen LogP contribution in [0.25, 0.3) is 0 Å². The van der Waals surface area contributed by atoms with Gasteiger partial charge >= 0.3 is 0 Å². The average molecular weight is 189 g/mol. The molecule has 0 bridgehead atoms. The van der Waals surface area contributed by atoms with Gasteiger partial charge in [0.25, 0.3) is 0 Å². The molecule has 2 aromatic heterocycles. The van der Waals surface area contributed by atoms with E-state index < -0.39 is 0 Å². The lowest BCUT2D eigenvalue weighted by Crippen LogP contribution is -2.08. The van der Waals surface area contributed by atoms with Gasteiger partial charge in [-0.15, -0.1) is 5.10 Å². The maximum absolute atomic E-state index is 11.7. The van der Waals surface area contributed by atoms with Crippen LogP contribution in [0.2, 0.25) is 0 Å². The van der Waals surface area contributed by atoms with E-state index in [1.165, 1.54) is 29.6 Å². The van der Waals surface area contributed by atoms with Crippen LogP contribution in [0.15, 0.2) is 24.9 Å². The Kier molecular flexibility index (Phi) is 2.02. The Morgan fingerprint density at radius 3 is 2.57 bits per heavy atom. The quantitative estimate of drug-likeness (QED) is 0.613. The molecule has 0 amide bonds. The molecule has 0 radical (unpaired) electrons. The SMILES string of the molecule is Cn1nncc1C(=O)c1cncnc1. The molecule has 2 aromatic rings. The summed E-state index contributed by atoms with van der Waals surface area (Å²) in [7, 11) is 1.66. The molecule has 70 valence electrons. The predicted molar refractivity (Wildman–Crippen MR) is 46.5 cm³/mol. The number of carbonyl (C=O) groups excluding carboxylic acids is 1. The van der Waals surface area contributed by atoms with Gasteiger partial charge in [-0.25, -0.2) is 14.6 Å². The van der Waals surface area contributed by atoms with E-state index in [0.29, 0.717) is 11.3 Å². The van der Waals surface area contributed by atoms with Crippen LogP contribution in [-0.4, -0.2) is 30.7 Å². The van der Waals surface area contributed by atoms with E-state index >= 15 is 0 Å². The van der Waals surface area contributed by atoms with Gasteiger partial charge in [-0.3, -0.25) is 4.79 Å². The Hall–Kier alpha value is -2.11. The number of hydrogen-bond donors (Lipinski definition) is 0. The normalized spacial score (nSPS) is 10.1. The number of hydrogen-bond acceptors (Lipinski definition) is 5. The van der Waals surface area contributed by atoms with Crippen molar-refractivity contribution < 1.29 is 4.79 Å². The molecular weight excluding hydrogens is 182 g/mol. The van der Waals surface area contributed by atoms with E-state index in [4.69, 9.17) is 0 Å². The Balaban J connectivity index is 2.39. The van der Waals surface area contributed by atoms with Gasteiger partial charge in [-0.2, -0.15) is 0 Å². The highest BCUT2D eigenvalue weighted by Gasteiger charge is 2.13. The first-order valence-electron chi connectivity index (χ1n) is 3.93. The van der Waals surface area contributed by atoms with E-state index in [0.717, 1.165) is 0 Å². The number of aromatic nitrogens is 5. The van der Waals surface area contributed by atoms with Gasteiger partial charge < -0.3 is 0 Å². The number of carbonyl (C=O) groups is 1. The first kappa shape index (κ1) is 8.49. The largest absolute Gasteiger partial charge is 0.287 e. The van der Waals surface area contributed by atoms with Crippen molar-refractivity contribution in [1.82, 2.24) is 25.0 Å². The molecule has 0 saturated carbocycles. The zero-order valence-corrected chi connectivity index (χ0v) is 7.45. The standard InChI is InChI=1S/C8H7N5O/c1-13-7(4-11-12-13)8(14)6-2-9-5-10-3-6/h2-5H,1H3. The summed E-state index contributed by atoms with van der Waals surface area (Å²) in [6.45, 7) is 0. The van der Waals surface area contributed by atoms with Crippen LogP contribution in [0.3, 0.4) is 0 Å². The molecule has 2 rings (SSSR count). The molecule has 14 heavy (non-hydrogen) atoms. The minimum absolute atomic E-state index is 0.182. The van der Waals surface area contributed by atoms with Gasteiger partial charge in [0.1, 0.15) is 12.0 Å². The summed E-state index contributed by atoms with van der Waals surface area (Å²) >= 11 is 0. The molecule has 0 spiro atoms. The van der Waals surface area contributed by atoms with Crippen molar-refractivity contribution in [1.29, 1.82) is 0 Å². The Morgan fingerprint density at radius 2 is 2.00 bits per heavy atom. The third kappa shape index (κ3) is 1.37. The van der Waals surface area contributed by atoms with Gasteiger partial charge in [0.2, 0.25) is 5.78 Å². The first-order chi connectivity index (χ1) is 6.79. The van der Waals surface area contributed by atoms with Crippen molar-refractivity contribution in [3.05, 3.63) is 36.2 Å². The van der Waals surface area contributed by atoms with Gasteiger partial charge in [-0.05, 0) is 0 Å².